The Balaban J connectivity index is 1.42. The van der Waals surface area contributed by atoms with Gasteiger partial charge in [-0.3, -0.25) is 9.59 Å². The zero-order chi connectivity index (χ0) is 24.8. The Morgan fingerprint density at radius 3 is 2.66 bits per heavy atom. The van der Waals surface area contributed by atoms with Gasteiger partial charge in [-0.05, 0) is 67.9 Å². The fourth-order valence-corrected chi connectivity index (χ4v) is 5.47. The van der Waals surface area contributed by atoms with Crippen LogP contribution in [-0.2, 0) is 4.79 Å². The van der Waals surface area contributed by atoms with Gasteiger partial charge in [-0.15, -0.1) is 11.8 Å². The summed E-state index contributed by atoms with van der Waals surface area (Å²) in [7, 11) is 0. The lowest BCUT2D eigenvalue weighted by atomic mass is 10.2. The van der Waals surface area contributed by atoms with Crippen molar-refractivity contribution < 1.29 is 14.3 Å². The number of amides is 2. The standard InChI is InChI=1S/C26H24ClN3O3S2/c1-3-22(25(32)30-26-29-21-12-11-19(33-4-2)15-23(21)35-26)34-20-10-6-9-18(14-20)28-24(31)16-7-5-8-17(27)13-16/h5-15,22H,3-4H2,1-2H3,(H,28,31)(H,29,30,32). The van der Waals surface area contributed by atoms with Crippen LogP contribution in [0.5, 0.6) is 5.75 Å². The van der Waals surface area contributed by atoms with Crippen molar-refractivity contribution >= 4 is 67.5 Å². The number of benzene rings is 3. The molecule has 0 saturated heterocycles. The summed E-state index contributed by atoms with van der Waals surface area (Å²) in [5.74, 6) is 0.420. The normalized spacial score (nSPS) is 11.7. The highest BCUT2D eigenvalue weighted by Gasteiger charge is 2.20. The minimum absolute atomic E-state index is 0.116. The molecule has 0 aliphatic carbocycles. The zero-order valence-electron chi connectivity index (χ0n) is 19.2. The van der Waals surface area contributed by atoms with Crippen molar-refractivity contribution in [3.05, 3.63) is 77.3 Å². The summed E-state index contributed by atoms with van der Waals surface area (Å²) in [6.07, 6.45) is 0.634. The molecule has 4 rings (SSSR count). The Morgan fingerprint density at radius 2 is 1.89 bits per heavy atom. The summed E-state index contributed by atoms with van der Waals surface area (Å²) in [5, 5.41) is 6.57. The van der Waals surface area contributed by atoms with Crippen LogP contribution in [0.2, 0.25) is 5.02 Å². The molecular weight excluding hydrogens is 502 g/mol. The van der Waals surface area contributed by atoms with E-state index in [1.807, 2.05) is 56.3 Å². The summed E-state index contributed by atoms with van der Waals surface area (Å²) < 4.78 is 6.50. The first-order valence-corrected chi connectivity index (χ1v) is 13.2. The summed E-state index contributed by atoms with van der Waals surface area (Å²) in [4.78, 5) is 30.9. The van der Waals surface area contributed by atoms with Crippen molar-refractivity contribution in [1.29, 1.82) is 0 Å². The van der Waals surface area contributed by atoms with Crippen LogP contribution in [0.4, 0.5) is 10.8 Å². The van der Waals surface area contributed by atoms with Gasteiger partial charge in [-0.25, -0.2) is 4.98 Å². The van der Waals surface area contributed by atoms with Crippen molar-refractivity contribution in [1.82, 2.24) is 4.98 Å². The fraction of sp³-hybridized carbons (Fsp3) is 0.192. The molecule has 6 nitrogen and oxygen atoms in total. The first-order valence-electron chi connectivity index (χ1n) is 11.1. The van der Waals surface area contributed by atoms with Crippen LogP contribution in [0.25, 0.3) is 10.2 Å². The first kappa shape index (κ1) is 25.0. The molecule has 0 saturated carbocycles. The fourth-order valence-electron chi connectivity index (χ4n) is 3.37. The van der Waals surface area contributed by atoms with E-state index in [0.717, 1.165) is 20.9 Å². The molecule has 9 heteroatoms. The lowest BCUT2D eigenvalue weighted by Crippen LogP contribution is -2.24. The molecule has 0 aliphatic heterocycles. The van der Waals surface area contributed by atoms with Gasteiger partial charge >= 0.3 is 0 Å². The van der Waals surface area contributed by atoms with Crippen LogP contribution in [0.3, 0.4) is 0 Å². The van der Waals surface area contributed by atoms with Gasteiger partial charge in [0.05, 0.1) is 22.1 Å². The average molecular weight is 526 g/mol. The molecule has 35 heavy (non-hydrogen) atoms. The third-order valence-corrected chi connectivity index (χ3v) is 7.55. The second-order valence-electron chi connectivity index (χ2n) is 7.58. The van der Waals surface area contributed by atoms with Crippen LogP contribution in [0, 0.1) is 0 Å². The quantitative estimate of drug-likeness (QED) is 0.228. The highest BCUT2D eigenvalue weighted by Crippen LogP contribution is 2.32. The predicted molar refractivity (Wildman–Crippen MR) is 145 cm³/mol. The maximum atomic E-state index is 13.0. The molecule has 180 valence electrons. The van der Waals surface area contributed by atoms with E-state index in [1.54, 1.807) is 24.3 Å². The van der Waals surface area contributed by atoms with Gasteiger partial charge < -0.3 is 15.4 Å². The van der Waals surface area contributed by atoms with Crippen LogP contribution in [0.1, 0.15) is 30.6 Å². The summed E-state index contributed by atoms with van der Waals surface area (Å²) in [6, 6.07) is 19.9. The molecule has 0 fully saturated rings. The maximum absolute atomic E-state index is 13.0. The Kier molecular flexibility index (Phi) is 8.28. The van der Waals surface area contributed by atoms with E-state index in [1.165, 1.54) is 23.1 Å². The SMILES string of the molecule is CCOc1ccc2nc(NC(=O)C(CC)Sc3cccc(NC(=O)c4cccc(Cl)c4)c3)sc2c1. The molecule has 3 aromatic carbocycles. The Morgan fingerprint density at radius 1 is 1.06 bits per heavy atom. The number of nitrogens with one attached hydrogen (secondary N) is 2. The Bertz CT molecular complexity index is 1360. The minimum atomic E-state index is -0.320. The topological polar surface area (TPSA) is 80.3 Å². The number of fused-ring (bicyclic) bond motifs is 1. The van der Waals surface area contributed by atoms with Crippen molar-refractivity contribution in [2.75, 3.05) is 17.2 Å². The third kappa shape index (κ3) is 6.54. The summed E-state index contributed by atoms with van der Waals surface area (Å²) in [6.45, 7) is 4.50. The van der Waals surface area contributed by atoms with Crippen LogP contribution in [-0.4, -0.2) is 28.7 Å². The molecule has 1 unspecified atom stereocenters. The lowest BCUT2D eigenvalue weighted by molar-refractivity contribution is -0.115. The van der Waals surface area contributed by atoms with Gasteiger partial charge in [0.1, 0.15) is 5.75 Å². The summed E-state index contributed by atoms with van der Waals surface area (Å²) in [5.41, 5.74) is 1.94. The van der Waals surface area contributed by atoms with Crippen molar-refractivity contribution in [3.63, 3.8) is 0 Å². The highest BCUT2D eigenvalue weighted by molar-refractivity contribution is 8.00. The second kappa shape index (κ2) is 11.6. The average Bonchev–Trinajstić information content (AvgIpc) is 3.24. The number of carbonyl (C=O) groups excluding carboxylic acids is 2. The number of thiazole rings is 1. The van der Waals surface area contributed by atoms with Gasteiger partial charge in [0.25, 0.3) is 5.91 Å². The van der Waals surface area contributed by atoms with E-state index in [2.05, 4.69) is 15.6 Å². The van der Waals surface area contributed by atoms with Crippen molar-refractivity contribution in [3.8, 4) is 5.75 Å². The number of thioether (sulfide) groups is 1. The molecule has 0 spiro atoms. The molecule has 0 aliphatic rings. The molecule has 2 amide bonds. The monoisotopic (exact) mass is 525 g/mol. The molecule has 0 bridgehead atoms. The highest BCUT2D eigenvalue weighted by atomic mass is 35.5. The van der Waals surface area contributed by atoms with E-state index in [4.69, 9.17) is 16.3 Å². The number of carbonyl (C=O) groups is 2. The number of ether oxygens (including phenoxy) is 1. The largest absolute Gasteiger partial charge is 0.494 e. The predicted octanol–water partition coefficient (Wildman–Crippen LogP) is 7.11. The number of anilines is 2. The molecule has 0 radical (unpaired) electrons. The number of nitrogens with zero attached hydrogens (tertiary/aromatic N) is 1. The minimum Gasteiger partial charge on any atom is -0.494 e. The third-order valence-electron chi connectivity index (χ3n) is 5.02. The van der Waals surface area contributed by atoms with E-state index >= 15 is 0 Å². The van der Waals surface area contributed by atoms with Crippen molar-refractivity contribution in [2.24, 2.45) is 0 Å². The van der Waals surface area contributed by atoms with E-state index in [9.17, 15) is 9.59 Å². The molecule has 4 aromatic rings. The Labute approximate surface area is 217 Å². The molecule has 1 aromatic heterocycles. The number of rotatable bonds is 9. The van der Waals surface area contributed by atoms with Crippen molar-refractivity contribution in [2.45, 2.75) is 30.4 Å². The van der Waals surface area contributed by atoms with E-state index in [0.29, 0.717) is 34.4 Å². The smallest absolute Gasteiger partial charge is 0.255 e. The molecular formula is C26H24ClN3O3S2. The van der Waals surface area contributed by atoms with E-state index in [-0.39, 0.29) is 17.1 Å². The van der Waals surface area contributed by atoms with Gasteiger partial charge in [-0.2, -0.15) is 0 Å². The maximum Gasteiger partial charge on any atom is 0.255 e. The van der Waals surface area contributed by atoms with Gasteiger partial charge in [-0.1, -0.05) is 42.0 Å². The number of hydrogen-bond donors (Lipinski definition) is 2. The van der Waals surface area contributed by atoms with Crippen LogP contribution < -0.4 is 15.4 Å². The molecule has 2 N–H and O–H groups in total. The lowest BCUT2D eigenvalue weighted by Gasteiger charge is -2.14. The zero-order valence-corrected chi connectivity index (χ0v) is 21.6. The van der Waals surface area contributed by atoms with Gasteiger partial charge in [0.15, 0.2) is 5.13 Å². The van der Waals surface area contributed by atoms with Crippen LogP contribution >= 0.6 is 34.7 Å². The van der Waals surface area contributed by atoms with Crippen LogP contribution in [0.15, 0.2) is 71.6 Å². The molecule has 1 atom stereocenters. The first-order chi connectivity index (χ1) is 16.9. The molecule has 1 heterocycles. The second-order valence-corrected chi connectivity index (χ2v) is 10.3. The number of halogens is 1. The van der Waals surface area contributed by atoms with Gasteiger partial charge in [0.2, 0.25) is 5.91 Å². The number of aromatic nitrogens is 1. The number of hydrogen-bond acceptors (Lipinski definition) is 6. The summed E-state index contributed by atoms with van der Waals surface area (Å²) >= 11 is 8.85. The van der Waals surface area contributed by atoms with Gasteiger partial charge in [0, 0.05) is 21.2 Å². The van der Waals surface area contributed by atoms with E-state index < -0.39 is 0 Å². The Hall–Kier alpha value is -3.07.